The number of aromatic nitrogens is 3. The van der Waals surface area contributed by atoms with Crippen LogP contribution in [0, 0.1) is 0 Å². The Kier molecular flexibility index (Phi) is 3.08. The van der Waals surface area contributed by atoms with Gasteiger partial charge >= 0.3 is 0 Å². The van der Waals surface area contributed by atoms with E-state index in [0.717, 1.165) is 50.2 Å². The zero-order valence-corrected chi connectivity index (χ0v) is 12.2. The molecule has 1 aliphatic carbocycles. The molecular weight excluding hydrogens is 268 g/mol. The molecule has 4 rings (SSSR count). The van der Waals surface area contributed by atoms with E-state index in [9.17, 15) is 0 Å². The van der Waals surface area contributed by atoms with E-state index < -0.39 is 0 Å². The number of hydrogen-bond donors (Lipinski definition) is 0. The Labute approximate surface area is 123 Å². The third kappa shape index (κ3) is 2.18. The van der Waals surface area contributed by atoms with E-state index in [1.165, 1.54) is 0 Å². The molecule has 6 nitrogen and oxygen atoms in total. The molecule has 0 aromatic carbocycles. The molecule has 0 N–H and O–H groups in total. The van der Waals surface area contributed by atoms with Gasteiger partial charge in [0.25, 0.3) is 0 Å². The number of nitrogens with zero attached hydrogens (tertiary/aromatic N) is 4. The number of anilines is 1. The van der Waals surface area contributed by atoms with Crippen molar-refractivity contribution in [1.82, 2.24) is 14.6 Å². The highest BCUT2D eigenvalue weighted by atomic mass is 16.7. The number of rotatable bonds is 2. The van der Waals surface area contributed by atoms with Crippen molar-refractivity contribution in [3.05, 3.63) is 24.7 Å². The van der Waals surface area contributed by atoms with Crippen LogP contribution >= 0.6 is 0 Å². The largest absolute Gasteiger partial charge is 0.355 e. The molecule has 21 heavy (non-hydrogen) atoms. The van der Waals surface area contributed by atoms with E-state index in [2.05, 4.69) is 22.0 Å². The van der Waals surface area contributed by atoms with Crippen LogP contribution in [0.2, 0.25) is 0 Å². The van der Waals surface area contributed by atoms with Gasteiger partial charge in [0.05, 0.1) is 19.4 Å². The summed E-state index contributed by atoms with van der Waals surface area (Å²) in [7, 11) is 2.12. The van der Waals surface area contributed by atoms with Crippen LogP contribution in [0.25, 0.3) is 5.52 Å². The first-order valence-electron chi connectivity index (χ1n) is 7.57. The highest BCUT2D eigenvalue weighted by Crippen LogP contribution is 2.38. The van der Waals surface area contributed by atoms with Crippen molar-refractivity contribution in [1.29, 1.82) is 0 Å². The molecule has 0 radical (unpaired) electrons. The third-order valence-corrected chi connectivity index (χ3v) is 4.72. The molecule has 2 fully saturated rings. The second-order valence-corrected chi connectivity index (χ2v) is 5.86. The summed E-state index contributed by atoms with van der Waals surface area (Å²) in [5.41, 5.74) is 1.05. The molecule has 1 saturated heterocycles. The summed E-state index contributed by atoms with van der Waals surface area (Å²) in [6, 6.07) is 2.48. The Morgan fingerprint density at radius 3 is 2.76 bits per heavy atom. The molecule has 2 aromatic heterocycles. The zero-order chi connectivity index (χ0) is 14.3. The van der Waals surface area contributed by atoms with E-state index in [1.807, 2.05) is 23.0 Å². The molecule has 6 heteroatoms. The van der Waals surface area contributed by atoms with Crippen LogP contribution < -0.4 is 4.90 Å². The molecule has 2 aliphatic rings. The molecule has 0 atom stereocenters. The zero-order valence-electron chi connectivity index (χ0n) is 12.2. The first-order chi connectivity index (χ1) is 10.3. The Bertz CT molecular complexity index is 625. The van der Waals surface area contributed by atoms with Crippen LogP contribution in [-0.4, -0.2) is 46.7 Å². The molecule has 1 saturated carbocycles. The van der Waals surface area contributed by atoms with Gasteiger partial charge in [0.15, 0.2) is 11.6 Å². The van der Waals surface area contributed by atoms with E-state index in [-0.39, 0.29) is 5.79 Å². The minimum atomic E-state index is -0.298. The van der Waals surface area contributed by atoms with Gasteiger partial charge < -0.3 is 14.4 Å². The van der Waals surface area contributed by atoms with Gasteiger partial charge in [-0.25, -0.2) is 9.50 Å². The van der Waals surface area contributed by atoms with Gasteiger partial charge in [0, 0.05) is 38.3 Å². The maximum absolute atomic E-state index is 5.80. The summed E-state index contributed by atoms with van der Waals surface area (Å²) in [6.45, 7) is 1.47. The van der Waals surface area contributed by atoms with Gasteiger partial charge in [-0.15, -0.1) is 0 Å². The number of fused-ring (bicyclic) bond motifs is 1. The summed E-state index contributed by atoms with van der Waals surface area (Å²) < 4.78 is 13.5. The molecular formula is C15H20N4O2. The molecule has 0 bridgehead atoms. The lowest BCUT2D eigenvalue weighted by Gasteiger charge is -2.39. The minimum Gasteiger partial charge on any atom is -0.355 e. The lowest BCUT2D eigenvalue weighted by molar-refractivity contribution is -0.178. The lowest BCUT2D eigenvalue weighted by atomic mass is 9.89. The van der Waals surface area contributed by atoms with Crippen molar-refractivity contribution in [2.45, 2.75) is 37.5 Å². The van der Waals surface area contributed by atoms with Gasteiger partial charge in [-0.05, 0) is 18.9 Å². The highest BCUT2D eigenvalue weighted by molar-refractivity contribution is 5.68. The summed E-state index contributed by atoms with van der Waals surface area (Å²) in [5.74, 6) is 0.692. The van der Waals surface area contributed by atoms with E-state index in [4.69, 9.17) is 9.47 Å². The quantitative estimate of drug-likeness (QED) is 0.844. The average Bonchev–Trinajstić information content (AvgIpc) is 3.16. The predicted octanol–water partition coefficient (Wildman–Crippen LogP) is 1.85. The fourth-order valence-electron chi connectivity index (χ4n) is 3.50. The summed E-state index contributed by atoms with van der Waals surface area (Å²) >= 11 is 0. The standard InChI is InChI=1S/C15H20N4O2/c1-18(14-13-4-7-17-19(13)9-8-16-14)12-2-5-15(6-3-12)20-10-11-21-15/h4,7-9,12H,2-3,5-6,10-11H2,1H3. The third-order valence-electron chi connectivity index (χ3n) is 4.72. The van der Waals surface area contributed by atoms with Crippen LogP contribution in [0.15, 0.2) is 24.7 Å². The van der Waals surface area contributed by atoms with Crippen molar-refractivity contribution in [3.63, 3.8) is 0 Å². The molecule has 0 amide bonds. The first-order valence-corrected chi connectivity index (χ1v) is 7.57. The van der Waals surface area contributed by atoms with E-state index >= 15 is 0 Å². The summed E-state index contributed by atoms with van der Waals surface area (Å²) in [6.07, 6.45) is 9.54. The predicted molar refractivity (Wildman–Crippen MR) is 78.3 cm³/mol. The van der Waals surface area contributed by atoms with Crippen LogP contribution in [-0.2, 0) is 9.47 Å². The van der Waals surface area contributed by atoms with Crippen molar-refractivity contribution in [2.24, 2.45) is 0 Å². The van der Waals surface area contributed by atoms with Crippen LogP contribution in [0.3, 0.4) is 0 Å². The van der Waals surface area contributed by atoms with Crippen molar-refractivity contribution >= 4 is 11.3 Å². The number of ether oxygens (including phenoxy) is 2. The topological polar surface area (TPSA) is 51.9 Å². The molecule has 1 spiro atoms. The fourth-order valence-corrected chi connectivity index (χ4v) is 3.50. The average molecular weight is 288 g/mol. The monoisotopic (exact) mass is 288 g/mol. The van der Waals surface area contributed by atoms with Crippen molar-refractivity contribution in [3.8, 4) is 0 Å². The second-order valence-electron chi connectivity index (χ2n) is 5.86. The normalized spacial score (nSPS) is 22.1. The maximum Gasteiger partial charge on any atom is 0.168 e. The van der Waals surface area contributed by atoms with Gasteiger partial charge in [-0.3, -0.25) is 0 Å². The van der Waals surface area contributed by atoms with E-state index in [1.54, 1.807) is 6.20 Å². The molecule has 112 valence electrons. The van der Waals surface area contributed by atoms with Crippen LogP contribution in [0.5, 0.6) is 0 Å². The maximum atomic E-state index is 5.80. The van der Waals surface area contributed by atoms with Crippen LogP contribution in [0.1, 0.15) is 25.7 Å². The van der Waals surface area contributed by atoms with E-state index in [0.29, 0.717) is 6.04 Å². The number of hydrogen-bond acceptors (Lipinski definition) is 5. The first kappa shape index (κ1) is 13.0. The molecule has 2 aromatic rings. The summed E-state index contributed by atoms with van der Waals surface area (Å²) in [4.78, 5) is 6.82. The summed E-state index contributed by atoms with van der Waals surface area (Å²) in [5, 5.41) is 4.27. The molecule has 1 aliphatic heterocycles. The Balaban J connectivity index is 1.53. The highest BCUT2D eigenvalue weighted by Gasteiger charge is 2.41. The fraction of sp³-hybridized carbons (Fsp3) is 0.600. The lowest BCUT2D eigenvalue weighted by Crippen LogP contribution is -2.43. The van der Waals surface area contributed by atoms with Crippen LogP contribution in [0.4, 0.5) is 5.82 Å². The molecule has 3 heterocycles. The van der Waals surface area contributed by atoms with Gasteiger partial charge in [-0.1, -0.05) is 0 Å². The second kappa shape index (κ2) is 4.96. The Hall–Kier alpha value is -1.66. The minimum absolute atomic E-state index is 0.298. The van der Waals surface area contributed by atoms with Crippen molar-refractivity contribution < 1.29 is 9.47 Å². The Morgan fingerprint density at radius 1 is 1.24 bits per heavy atom. The SMILES string of the molecule is CN(c1nccn2nccc12)C1CCC2(CC1)OCCO2. The smallest absolute Gasteiger partial charge is 0.168 e. The molecule has 0 unspecified atom stereocenters. The van der Waals surface area contributed by atoms with Gasteiger partial charge in [0.2, 0.25) is 0 Å². The van der Waals surface area contributed by atoms with Crippen molar-refractivity contribution in [2.75, 3.05) is 25.2 Å². The van der Waals surface area contributed by atoms with Gasteiger partial charge in [0.1, 0.15) is 5.52 Å². The Morgan fingerprint density at radius 2 is 2.00 bits per heavy atom. The van der Waals surface area contributed by atoms with Gasteiger partial charge in [-0.2, -0.15) is 5.10 Å².